The number of furan rings is 1. The third-order valence-electron chi connectivity index (χ3n) is 12.3. The van der Waals surface area contributed by atoms with Gasteiger partial charge in [0.2, 0.25) is 17.7 Å². The number of carbonyl (C=O) groups is 4. The van der Waals surface area contributed by atoms with E-state index in [1.54, 1.807) is 43.8 Å². The van der Waals surface area contributed by atoms with Gasteiger partial charge in [-0.3, -0.25) is 33.6 Å². The van der Waals surface area contributed by atoms with Gasteiger partial charge in [0, 0.05) is 95.2 Å². The number of nitrogens with zero attached hydrogens (tertiary/aromatic N) is 5. The number of anilines is 1. The van der Waals surface area contributed by atoms with Crippen LogP contribution in [0, 0.1) is 11.7 Å². The van der Waals surface area contributed by atoms with Crippen LogP contribution in [-0.4, -0.2) is 89.9 Å². The third kappa shape index (κ3) is 7.29. The van der Waals surface area contributed by atoms with Gasteiger partial charge in [0.25, 0.3) is 5.91 Å². The lowest BCUT2D eigenvalue weighted by Gasteiger charge is -2.34. The summed E-state index contributed by atoms with van der Waals surface area (Å²) in [5, 5.41) is 2.56. The highest BCUT2D eigenvalue weighted by molar-refractivity contribution is 6.03. The average Bonchev–Trinajstić information content (AvgIpc) is 3.79. The van der Waals surface area contributed by atoms with Crippen molar-refractivity contribution in [2.75, 3.05) is 52.3 Å². The van der Waals surface area contributed by atoms with Crippen molar-refractivity contribution in [2.45, 2.75) is 57.9 Å². The van der Waals surface area contributed by atoms with Crippen LogP contribution in [0.25, 0.3) is 38.7 Å². The number of amides is 4. The second-order valence-electron chi connectivity index (χ2n) is 16.1. The Morgan fingerprint density at radius 1 is 0.983 bits per heavy atom. The zero-order valence-corrected chi connectivity index (χ0v) is 34.1. The maximum atomic E-state index is 16.4. The number of aromatic nitrogens is 2. The Labute approximate surface area is 341 Å². The van der Waals surface area contributed by atoms with Crippen molar-refractivity contribution in [2.24, 2.45) is 13.0 Å². The van der Waals surface area contributed by atoms with Gasteiger partial charge in [0.15, 0.2) is 5.76 Å². The van der Waals surface area contributed by atoms with Crippen LogP contribution >= 0.6 is 0 Å². The molecule has 0 aliphatic carbocycles. The molecule has 1 atom stereocenters. The minimum absolute atomic E-state index is 0.0232. The minimum Gasteiger partial charge on any atom is -0.496 e. The van der Waals surface area contributed by atoms with E-state index < -0.39 is 17.8 Å². The van der Waals surface area contributed by atoms with E-state index in [1.165, 1.54) is 22.5 Å². The third-order valence-corrected chi connectivity index (χ3v) is 12.3. The SMILES string of the molecule is COc1cc(N2CCC(CCc3cccc4c3n(C)c(=O)n4C3CCC(=O)NC3=O)CC2)ccc1-c1cc(C2=CCCN(C(C)=O)C2)c(F)c2cc(C(=O)N(C)C)oc12. The summed E-state index contributed by atoms with van der Waals surface area (Å²) in [5.41, 5.74) is 5.86. The molecule has 1 N–H and O–H groups in total. The largest absolute Gasteiger partial charge is 0.496 e. The number of hydrogen-bond acceptors (Lipinski definition) is 8. The quantitative estimate of drug-likeness (QED) is 0.178. The van der Waals surface area contributed by atoms with E-state index in [2.05, 4.69) is 10.2 Å². The first-order valence-electron chi connectivity index (χ1n) is 20.2. The van der Waals surface area contributed by atoms with Gasteiger partial charge in [-0.25, -0.2) is 9.18 Å². The van der Waals surface area contributed by atoms with E-state index in [1.807, 2.05) is 42.5 Å². The smallest absolute Gasteiger partial charge is 0.329 e. The van der Waals surface area contributed by atoms with Crippen molar-refractivity contribution in [1.29, 1.82) is 0 Å². The average molecular weight is 805 g/mol. The molecule has 0 bridgehead atoms. The van der Waals surface area contributed by atoms with Crippen LogP contribution in [-0.2, 0) is 27.9 Å². The van der Waals surface area contributed by atoms with Crippen LogP contribution in [0.1, 0.15) is 73.2 Å². The fraction of sp³-hybridized carbons (Fsp3) is 0.400. The molecule has 5 heterocycles. The number of hydrogen-bond donors (Lipinski definition) is 1. The van der Waals surface area contributed by atoms with Gasteiger partial charge in [0.05, 0.1) is 23.5 Å². The lowest BCUT2D eigenvalue weighted by Crippen LogP contribution is -2.44. The molecule has 14 heteroatoms. The summed E-state index contributed by atoms with van der Waals surface area (Å²) in [6.07, 6.45) is 6.72. The molecule has 5 aromatic rings. The van der Waals surface area contributed by atoms with Crippen LogP contribution < -0.4 is 20.6 Å². The highest BCUT2D eigenvalue weighted by atomic mass is 19.1. The molecule has 13 nitrogen and oxygen atoms in total. The van der Waals surface area contributed by atoms with Gasteiger partial charge in [-0.15, -0.1) is 0 Å². The molecule has 3 aliphatic rings. The Bertz CT molecular complexity index is 2610. The molecule has 0 spiro atoms. The van der Waals surface area contributed by atoms with Crippen LogP contribution in [0.2, 0.25) is 0 Å². The fourth-order valence-corrected chi connectivity index (χ4v) is 9.03. The summed E-state index contributed by atoms with van der Waals surface area (Å²) in [5.74, 6) is -0.663. The maximum Gasteiger partial charge on any atom is 0.329 e. The number of fused-ring (bicyclic) bond motifs is 2. The number of rotatable bonds is 9. The molecular formula is C45H49FN6O7. The zero-order valence-electron chi connectivity index (χ0n) is 34.1. The lowest BCUT2D eigenvalue weighted by atomic mass is 9.89. The Morgan fingerprint density at radius 3 is 2.47 bits per heavy atom. The second kappa shape index (κ2) is 15.9. The molecule has 308 valence electrons. The molecule has 2 aromatic heterocycles. The molecule has 0 radical (unpaired) electrons. The second-order valence-corrected chi connectivity index (χ2v) is 16.1. The molecule has 2 fully saturated rings. The Hall–Kier alpha value is -6.18. The number of imide groups is 1. The van der Waals surface area contributed by atoms with Gasteiger partial charge in [0.1, 0.15) is 23.2 Å². The fourth-order valence-electron chi connectivity index (χ4n) is 9.03. The summed E-state index contributed by atoms with van der Waals surface area (Å²) >= 11 is 0. The van der Waals surface area contributed by atoms with E-state index >= 15 is 4.39 Å². The van der Waals surface area contributed by atoms with Gasteiger partial charge >= 0.3 is 5.69 Å². The highest BCUT2D eigenvalue weighted by Crippen LogP contribution is 2.43. The minimum atomic E-state index is -0.721. The molecule has 59 heavy (non-hydrogen) atoms. The number of ether oxygens (including phenoxy) is 1. The molecule has 0 saturated carbocycles. The molecule has 4 amide bonds. The first-order chi connectivity index (χ1) is 28.3. The van der Waals surface area contributed by atoms with Crippen LogP contribution in [0.3, 0.4) is 0 Å². The molecule has 3 aliphatic heterocycles. The number of nitrogens with one attached hydrogen (secondary N) is 1. The van der Waals surface area contributed by atoms with E-state index in [4.69, 9.17) is 9.15 Å². The van der Waals surface area contributed by atoms with Crippen LogP contribution in [0.4, 0.5) is 10.1 Å². The number of methoxy groups -OCH3 is 1. The summed E-state index contributed by atoms with van der Waals surface area (Å²) < 4.78 is 31.7. The van der Waals surface area contributed by atoms with Gasteiger partial charge < -0.3 is 23.9 Å². The van der Waals surface area contributed by atoms with Crippen molar-refractivity contribution in [1.82, 2.24) is 24.3 Å². The predicted octanol–water partition coefficient (Wildman–Crippen LogP) is 6.07. The van der Waals surface area contributed by atoms with Crippen molar-refractivity contribution in [3.8, 4) is 16.9 Å². The Balaban J connectivity index is 1.02. The number of benzene rings is 3. The summed E-state index contributed by atoms with van der Waals surface area (Å²) in [6.45, 7) is 4.02. The zero-order chi connectivity index (χ0) is 41.7. The lowest BCUT2D eigenvalue weighted by molar-refractivity contribution is -0.135. The first kappa shape index (κ1) is 39.6. The van der Waals surface area contributed by atoms with Gasteiger partial charge in [-0.05, 0) is 79.8 Å². The van der Waals surface area contributed by atoms with Gasteiger partial charge in [-0.2, -0.15) is 0 Å². The standard InChI is InChI=1S/C45H49FN6O7/c1-26(53)51-19-7-9-29(25-51)32-23-33(42-34(40(32)46)24-38(59-42)44(56)48(2)3)31-14-13-30(22-37(31)58-5)50-20-17-27(18-21-50)11-12-28-8-6-10-35-41(28)49(4)45(57)52(35)36-15-16-39(54)47-43(36)55/h6,8-10,13-14,22-24,27,36H,7,11-12,15-21,25H2,1-5H3,(H,47,54,55). The number of halogens is 1. The summed E-state index contributed by atoms with van der Waals surface area (Å²) in [4.78, 5) is 68.6. The van der Waals surface area contributed by atoms with E-state index in [9.17, 15) is 24.0 Å². The Kier molecular flexibility index (Phi) is 10.7. The van der Waals surface area contributed by atoms with Crippen molar-refractivity contribution in [3.05, 3.63) is 87.8 Å². The van der Waals surface area contributed by atoms with Crippen molar-refractivity contribution < 1.29 is 32.7 Å². The number of aryl methyl sites for hydroxylation is 2. The number of imidazole rings is 1. The summed E-state index contributed by atoms with van der Waals surface area (Å²) in [6, 6.07) is 14.3. The monoisotopic (exact) mass is 804 g/mol. The van der Waals surface area contributed by atoms with Crippen molar-refractivity contribution in [3.63, 3.8) is 0 Å². The van der Waals surface area contributed by atoms with Crippen LogP contribution in [0.15, 0.2) is 63.8 Å². The topological polar surface area (TPSA) is 139 Å². The predicted molar refractivity (Wildman–Crippen MR) is 223 cm³/mol. The number of carbonyl (C=O) groups excluding carboxylic acids is 4. The normalized spacial score (nSPS) is 17.7. The van der Waals surface area contributed by atoms with Gasteiger partial charge in [-0.1, -0.05) is 18.2 Å². The van der Waals surface area contributed by atoms with Crippen molar-refractivity contribution >= 4 is 56.9 Å². The summed E-state index contributed by atoms with van der Waals surface area (Å²) in [7, 11) is 6.57. The number of para-hydroxylation sites is 1. The first-order valence-corrected chi connectivity index (χ1v) is 20.2. The van der Waals surface area contributed by atoms with E-state index in [-0.39, 0.29) is 53.1 Å². The molecular weight excluding hydrogens is 756 g/mol. The van der Waals surface area contributed by atoms with E-state index in [0.29, 0.717) is 58.8 Å². The van der Waals surface area contributed by atoms with E-state index in [0.717, 1.165) is 55.5 Å². The maximum absolute atomic E-state index is 16.4. The molecule has 2 saturated heterocycles. The molecule has 1 unspecified atom stereocenters. The molecule has 8 rings (SSSR count). The molecule has 3 aromatic carbocycles. The highest BCUT2D eigenvalue weighted by Gasteiger charge is 2.32. The van der Waals surface area contributed by atoms with Crippen LogP contribution in [0.5, 0.6) is 5.75 Å². The Morgan fingerprint density at radius 2 is 1.76 bits per heavy atom. The number of piperidine rings is 2.